The summed E-state index contributed by atoms with van der Waals surface area (Å²) in [4.78, 5) is 25.7. The number of aromatic amines is 2. The van der Waals surface area contributed by atoms with Crippen LogP contribution in [-0.4, -0.2) is 36.0 Å². The number of hydrogen-bond acceptors (Lipinski definition) is 4. The number of hydrogen-bond donors (Lipinski definition) is 2. The fraction of sp³-hybridized carbons (Fsp3) is 0.0588. The highest BCUT2D eigenvalue weighted by atomic mass is 35.5. The quantitative estimate of drug-likeness (QED) is 0.452. The minimum atomic E-state index is 0.420. The fourth-order valence-corrected chi connectivity index (χ4v) is 2.99. The Hall–Kier alpha value is -3.19. The van der Waals surface area contributed by atoms with Crippen LogP contribution in [-0.2, 0) is 7.05 Å². The molecule has 0 bridgehead atoms. The molecule has 7 nitrogen and oxygen atoms in total. The molecule has 0 aliphatic rings. The lowest BCUT2D eigenvalue weighted by atomic mass is 10.2. The summed E-state index contributed by atoms with van der Waals surface area (Å²) in [7, 11) is 1.98. The first-order valence-electron chi connectivity index (χ1n) is 7.49. The van der Waals surface area contributed by atoms with Gasteiger partial charge in [-0.05, 0) is 12.1 Å². The van der Waals surface area contributed by atoms with E-state index in [2.05, 4.69) is 25.0 Å². The zero-order chi connectivity index (χ0) is 17.4. The van der Waals surface area contributed by atoms with Crippen LogP contribution in [0.4, 0.5) is 0 Å². The molecule has 25 heavy (non-hydrogen) atoms. The third-order valence-corrected chi connectivity index (χ3v) is 4.38. The molecule has 0 fully saturated rings. The molecule has 5 rings (SSSR count). The molecule has 0 amide bonds. The van der Waals surface area contributed by atoms with Crippen molar-refractivity contribution in [1.82, 2.24) is 29.7 Å². The van der Waals surface area contributed by atoms with E-state index in [1.807, 2.05) is 30.2 Å². The van der Waals surface area contributed by atoms with Crippen LogP contribution in [0.15, 0.2) is 43.1 Å². The average Bonchev–Trinajstić information content (AvgIpc) is 3.34. The number of carbonyl (C=O) groups excluding carboxylic acids is 1. The number of carbonyl (C=O) groups is 1. The number of aldehydes is 1. The van der Waals surface area contributed by atoms with E-state index < -0.39 is 0 Å². The molecule has 5 heterocycles. The zero-order valence-electron chi connectivity index (χ0n) is 13.2. The molecule has 8 heteroatoms. The standard InChI is InChI=1S/C9H8N4.C8H5ClN2O/c1-13-8-6(5-12-13)4-11-9-7(8)2-3-10-9;9-7-5(4-12)3-11-8-6(7)1-2-10-8/h2-5,12H,1H3;1-4H,(H,10,11). The van der Waals surface area contributed by atoms with Gasteiger partial charge in [0.05, 0.1) is 16.1 Å². The molecule has 0 aliphatic carbocycles. The van der Waals surface area contributed by atoms with Gasteiger partial charge >= 0.3 is 0 Å². The lowest BCUT2D eigenvalue weighted by Gasteiger charge is -1.95. The van der Waals surface area contributed by atoms with E-state index in [1.54, 1.807) is 18.5 Å². The molecule has 0 atom stereocenters. The van der Waals surface area contributed by atoms with Gasteiger partial charge in [0, 0.05) is 54.2 Å². The summed E-state index contributed by atoms with van der Waals surface area (Å²) >= 11 is 5.89. The van der Waals surface area contributed by atoms with E-state index in [-0.39, 0.29) is 0 Å². The predicted octanol–water partition coefficient (Wildman–Crippen LogP) is 3.48. The van der Waals surface area contributed by atoms with Crippen LogP contribution in [0.25, 0.3) is 33.0 Å². The highest BCUT2D eigenvalue weighted by Gasteiger charge is 2.06. The van der Waals surface area contributed by atoms with Crippen molar-refractivity contribution in [2.24, 2.45) is 7.05 Å². The number of halogens is 1. The van der Waals surface area contributed by atoms with Crippen LogP contribution < -0.4 is 0 Å². The first kappa shape index (κ1) is 15.3. The molecule has 0 saturated carbocycles. The molecule has 124 valence electrons. The van der Waals surface area contributed by atoms with Crippen LogP contribution in [0.5, 0.6) is 0 Å². The van der Waals surface area contributed by atoms with Gasteiger partial charge in [-0.25, -0.2) is 15.0 Å². The topological polar surface area (TPSA) is 92.2 Å². The largest absolute Gasteiger partial charge is 0.346 e. The highest BCUT2D eigenvalue weighted by Crippen LogP contribution is 2.23. The number of nitrogens with zero attached hydrogens (tertiary/aromatic N) is 4. The van der Waals surface area contributed by atoms with Crippen molar-refractivity contribution in [1.29, 1.82) is 0 Å². The van der Waals surface area contributed by atoms with E-state index in [4.69, 9.17) is 11.6 Å². The number of pyridine rings is 2. The summed E-state index contributed by atoms with van der Waals surface area (Å²) < 4.78 is 1.97. The molecular weight excluding hydrogens is 340 g/mol. The van der Waals surface area contributed by atoms with Crippen molar-refractivity contribution in [2.75, 3.05) is 0 Å². The van der Waals surface area contributed by atoms with Gasteiger partial charge in [0.15, 0.2) is 11.9 Å². The van der Waals surface area contributed by atoms with Crippen molar-refractivity contribution in [3.8, 4) is 0 Å². The van der Waals surface area contributed by atoms with E-state index in [0.29, 0.717) is 22.5 Å². The van der Waals surface area contributed by atoms with Crippen LogP contribution in [0.1, 0.15) is 10.4 Å². The number of H-pyrrole nitrogens is 2. The Labute approximate surface area is 146 Å². The Balaban J connectivity index is 0.000000126. The molecule has 0 saturated heterocycles. The second kappa shape index (κ2) is 6.03. The third-order valence-electron chi connectivity index (χ3n) is 3.96. The number of fused-ring (bicyclic) bond motifs is 4. The molecule has 0 unspecified atom stereocenters. The molecule has 0 spiro atoms. The molecule has 0 aromatic carbocycles. The van der Waals surface area contributed by atoms with Crippen LogP contribution >= 0.6 is 11.6 Å². The second-order valence-electron chi connectivity index (χ2n) is 5.46. The zero-order valence-corrected chi connectivity index (χ0v) is 13.9. The lowest BCUT2D eigenvalue weighted by Crippen LogP contribution is -1.89. The van der Waals surface area contributed by atoms with Crippen molar-refractivity contribution in [3.63, 3.8) is 0 Å². The Bertz CT molecular complexity index is 1200. The molecule has 2 N–H and O–H groups in total. The normalized spacial score (nSPS) is 11.0. The minimum absolute atomic E-state index is 0.420. The fourth-order valence-electron chi connectivity index (χ4n) is 2.75. The second-order valence-corrected chi connectivity index (χ2v) is 5.84. The van der Waals surface area contributed by atoms with Gasteiger partial charge in [0.25, 0.3) is 0 Å². The maximum Gasteiger partial charge on any atom is 0.161 e. The van der Waals surface area contributed by atoms with Gasteiger partial charge in [0.1, 0.15) is 5.65 Å². The average molecular weight is 353 g/mol. The summed E-state index contributed by atoms with van der Waals surface area (Å²) in [5.74, 6) is 0. The van der Waals surface area contributed by atoms with E-state index in [0.717, 1.165) is 27.3 Å². The van der Waals surface area contributed by atoms with Gasteiger partial charge < -0.3 is 10.1 Å². The van der Waals surface area contributed by atoms with Crippen molar-refractivity contribution < 1.29 is 4.79 Å². The van der Waals surface area contributed by atoms with Gasteiger partial charge in [-0.3, -0.25) is 9.48 Å². The van der Waals surface area contributed by atoms with E-state index in [1.165, 1.54) is 6.20 Å². The van der Waals surface area contributed by atoms with E-state index in [9.17, 15) is 4.79 Å². The summed E-state index contributed by atoms with van der Waals surface area (Å²) in [5.41, 5.74) is 3.08. The SMILES string of the molecule is Cn1[nH]cc2cnc3nccc3c21.O=Cc1cnc2[nH]ccc2c1Cl. The predicted molar refractivity (Wildman–Crippen MR) is 96.9 cm³/mol. The Morgan fingerprint density at radius 1 is 1.16 bits per heavy atom. The minimum Gasteiger partial charge on any atom is -0.346 e. The molecule has 5 aromatic rings. The number of rotatable bonds is 1. The maximum atomic E-state index is 10.5. The molecule has 0 radical (unpaired) electrons. The third kappa shape index (κ3) is 2.54. The van der Waals surface area contributed by atoms with Crippen LogP contribution in [0.2, 0.25) is 5.02 Å². The summed E-state index contributed by atoms with van der Waals surface area (Å²) in [6.07, 6.45) is 9.44. The van der Waals surface area contributed by atoms with Crippen molar-refractivity contribution >= 4 is 50.9 Å². The first-order valence-corrected chi connectivity index (χ1v) is 7.87. The van der Waals surface area contributed by atoms with Crippen LogP contribution in [0, 0.1) is 0 Å². The van der Waals surface area contributed by atoms with Gasteiger partial charge in [-0.1, -0.05) is 11.6 Å². The number of nitrogens with one attached hydrogen (secondary N) is 2. The Morgan fingerprint density at radius 2 is 2.04 bits per heavy atom. The lowest BCUT2D eigenvalue weighted by molar-refractivity contribution is 0.112. The summed E-state index contributed by atoms with van der Waals surface area (Å²) in [5, 5.41) is 6.55. The number of aryl methyl sites for hydroxylation is 1. The van der Waals surface area contributed by atoms with Gasteiger partial charge in [-0.15, -0.1) is 0 Å². The molecule has 5 aromatic heterocycles. The van der Waals surface area contributed by atoms with Gasteiger partial charge in [-0.2, -0.15) is 0 Å². The molecular formula is C17H13ClN6O. The van der Waals surface area contributed by atoms with Crippen LogP contribution in [0.3, 0.4) is 0 Å². The van der Waals surface area contributed by atoms with Crippen molar-refractivity contribution in [2.45, 2.75) is 0 Å². The van der Waals surface area contributed by atoms with Crippen molar-refractivity contribution in [3.05, 3.63) is 53.7 Å². The smallest absolute Gasteiger partial charge is 0.161 e. The maximum absolute atomic E-state index is 10.5. The van der Waals surface area contributed by atoms with Gasteiger partial charge in [0.2, 0.25) is 0 Å². The summed E-state index contributed by atoms with van der Waals surface area (Å²) in [6.45, 7) is 0. The highest BCUT2D eigenvalue weighted by molar-refractivity contribution is 6.37. The molecule has 0 aliphatic heterocycles. The summed E-state index contributed by atoms with van der Waals surface area (Å²) in [6, 6.07) is 3.77. The van der Waals surface area contributed by atoms with E-state index >= 15 is 0 Å². The first-order chi connectivity index (χ1) is 12.2. The Kier molecular flexibility index (Phi) is 3.70. The Morgan fingerprint density at radius 3 is 2.88 bits per heavy atom. The monoisotopic (exact) mass is 352 g/mol. The number of aromatic nitrogens is 6.